The van der Waals surface area contributed by atoms with Crippen LogP contribution in [0.3, 0.4) is 0 Å². The fourth-order valence-corrected chi connectivity index (χ4v) is 5.41. The molecule has 1 aromatic carbocycles. The van der Waals surface area contributed by atoms with Crippen LogP contribution >= 0.6 is 11.8 Å². The van der Waals surface area contributed by atoms with E-state index in [1.54, 1.807) is 20.8 Å². The van der Waals surface area contributed by atoms with Crippen LogP contribution in [0.1, 0.15) is 25.0 Å². The lowest BCUT2D eigenvalue weighted by Crippen LogP contribution is -2.39. The van der Waals surface area contributed by atoms with Crippen molar-refractivity contribution < 1.29 is 13.2 Å². The van der Waals surface area contributed by atoms with Gasteiger partial charge in [-0.3, -0.25) is 4.99 Å². The zero-order valence-electron chi connectivity index (χ0n) is 12.5. The lowest BCUT2D eigenvalue weighted by Gasteiger charge is -2.34. The van der Waals surface area contributed by atoms with Gasteiger partial charge in [0.1, 0.15) is 5.82 Å². The molecule has 0 spiro atoms. The normalized spacial score (nSPS) is 37.0. The Morgan fingerprint density at radius 3 is 2.55 bits per heavy atom. The van der Waals surface area contributed by atoms with Crippen LogP contribution in [0.15, 0.2) is 17.1 Å². The third-order valence-corrected chi connectivity index (χ3v) is 6.44. The minimum absolute atomic E-state index is 0.0721. The third kappa shape index (κ3) is 1.81. The predicted molar refractivity (Wildman–Crippen MR) is 83.5 cm³/mol. The van der Waals surface area contributed by atoms with Crippen molar-refractivity contribution in [3.63, 3.8) is 0 Å². The van der Waals surface area contributed by atoms with E-state index >= 15 is 0 Å². The van der Waals surface area contributed by atoms with Gasteiger partial charge in [-0.1, -0.05) is 18.7 Å². The number of aryl methyl sites for hydroxylation is 1. The monoisotopic (exact) mass is 329 g/mol. The third-order valence-electron chi connectivity index (χ3n) is 4.98. The number of hydrogen-bond donors (Lipinski definition) is 2. The molecule has 0 radical (unpaired) electrons. The van der Waals surface area contributed by atoms with E-state index in [9.17, 15) is 13.2 Å². The zero-order chi connectivity index (χ0) is 16.4. The van der Waals surface area contributed by atoms with Crippen LogP contribution in [0, 0.1) is 24.6 Å². The fourth-order valence-electron chi connectivity index (χ4n) is 3.91. The quantitative estimate of drug-likeness (QED) is 0.819. The molecule has 0 saturated heterocycles. The zero-order valence-corrected chi connectivity index (χ0v) is 13.3. The second-order valence-electron chi connectivity index (χ2n) is 6.32. The molecule has 1 fully saturated rings. The molecule has 3 rings (SSSR count). The summed E-state index contributed by atoms with van der Waals surface area (Å²) in [6.45, 7) is 5.01. The average molecular weight is 329 g/mol. The number of fused-ring (bicyclic) bond motifs is 1. The number of nitrogens with zero attached hydrogens (tertiary/aromatic N) is 1. The Balaban J connectivity index is 2.20. The summed E-state index contributed by atoms with van der Waals surface area (Å²) in [6, 6.07) is 3.00. The maximum absolute atomic E-state index is 14.6. The fraction of sp³-hybridized carbons (Fsp3) is 0.533. The van der Waals surface area contributed by atoms with Crippen LogP contribution in [0.2, 0.25) is 0 Å². The number of thioether (sulfide) groups is 1. The van der Waals surface area contributed by atoms with Gasteiger partial charge in [-0.25, -0.2) is 13.2 Å². The van der Waals surface area contributed by atoms with Crippen LogP contribution in [-0.4, -0.2) is 16.3 Å². The van der Waals surface area contributed by atoms with Crippen molar-refractivity contribution in [2.75, 3.05) is 5.73 Å². The Morgan fingerprint density at radius 1 is 1.32 bits per heavy atom. The van der Waals surface area contributed by atoms with Gasteiger partial charge in [0.15, 0.2) is 5.17 Å². The molecule has 1 saturated carbocycles. The molecule has 0 aromatic heterocycles. The lowest BCUT2D eigenvalue weighted by molar-refractivity contribution is 0.121. The predicted octanol–water partition coefficient (Wildman–Crippen LogP) is 3.26. The summed E-state index contributed by atoms with van der Waals surface area (Å²) in [6.07, 6.45) is -2.55. The van der Waals surface area contributed by atoms with E-state index in [-0.39, 0.29) is 16.6 Å². The minimum atomic E-state index is -2.55. The Labute approximate surface area is 131 Å². The van der Waals surface area contributed by atoms with Crippen molar-refractivity contribution in [1.82, 2.24) is 0 Å². The number of nitrogen functional groups attached to an aromatic ring is 1. The molecule has 4 atom stereocenters. The molecule has 0 amide bonds. The van der Waals surface area contributed by atoms with E-state index in [4.69, 9.17) is 11.5 Å². The van der Waals surface area contributed by atoms with Gasteiger partial charge >= 0.3 is 0 Å². The van der Waals surface area contributed by atoms with Crippen molar-refractivity contribution in [3.05, 3.63) is 29.1 Å². The lowest BCUT2D eigenvalue weighted by atomic mass is 9.84. The summed E-state index contributed by atoms with van der Waals surface area (Å²) in [5, 5.41) is 0.0721. The Morgan fingerprint density at radius 2 is 1.95 bits per heavy atom. The number of rotatable bonds is 2. The van der Waals surface area contributed by atoms with Crippen LogP contribution < -0.4 is 11.5 Å². The highest BCUT2D eigenvalue weighted by atomic mass is 32.2. The highest BCUT2D eigenvalue weighted by Gasteiger charge is 2.76. The maximum atomic E-state index is 14.6. The van der Waals surface area contributed by atoms with Crippen LogP contribution in [0.25, 0.3) is 0 Å². The molecule has 120 valence electrons. The van der Waals surface area contributed by atoms with Crippen molar-refractivity contribution >= 4 is 22.6 Å². The first-order chi connectivity index (χ1) is 10.1. The molecule has 2 aliphatic rings. The number of benzene rings is 1. The Hall–Kier alpha value is -1.37. The maximum Gasteiger partial charge on any atom is 0.254 e. The van der Waals surface area contributed by atoms with Crippen molar-refractivity contribution in [1.29, 1.82) is 0 Å². The molecule has 1 aliphatic heterocycles. The molecule has 1 heterocycles. The number of amidine groups is 1. The molecule has 1 aliphatic carbocycles. The molecular formula is C15H18F3N3S. The van der Waals surface area contributed by atoms with Crippen molar-refractivity contribution in [2.24, 2.45) is 22.6 Å². The summed E-state index contributed by atoms with van der Waals surface area (Å²) < 4.78 is 40.6. The first kappa shape index (κ1) is 15.5. The molecule has 22 heavy (non-hydrogen) atoms. The van der Waals surface area contributed by atoms with Gasteiger partial charge in [0.2, 0.25) is 0 Å². The van der Waals surface area contributed by atoms with E-state index in [0.717, 1.165) is 11.8 Å². The number of anilines is 1. The van der Waals surface area contributed by atoms with Gasteiger partial charge in [0, 0.05) is 17.2 Å². The van der Waals surface area contributed by atoms with E-state index < -0.39 is 28.4 Å². The molecule has 4 N–H and O–H groups in total. The van der Waals surface area contributed by atoms with Crippen LogP contribution in [0.4, 0.5) is 18.9 Å². The second-order valence-corrected chi connectivity index (χ2v) is 7.65. The standard InChI is InChI=1S/C15H18F3N3S/c1-6-4-8(19)5-9(10(6)16)14(3)11-7(2)15(11,12(17)18)22-13(20)21-14/h4-5,7,11-12H,19H2,1-3H3,(H2,20,21)/t7-,11-,14+,15-/m0/s1. The molecule has 7 heteroatoms. The highest BCUT2D eigenvalue weighted by Crippen LogP contribution is 2.71. The van der Waals surface area contributed by atoms with Gasteiger partial charge in [-0.2, -0.15) is 0 Å². The molecular weight excluding hydrogens is 311 g/mol. The number of hydrogen-bond acceptors (Lipinski definition) is 4. The van der Waals surface area contributed by atoms with Gasteiger partial charge in [0.05, 0.1) is 10.3 Å². The largest absolute Gasteiger partial charge is 0.399 e. The van der Waals surface area contributed by atoms with Crippen molar-refractivity contribution in [3.8, 4) is 0 Å². The summed E-state index contributed by atoms with van der Waals surface area (Å²) in [7, 11) is 0. The van der Waals surface area contributed by atoms with Crippen LogP contribution in [-0.2, 0) is 5.54 Å². The smallest absolute Gasteiger partial charge is 0.254 e. The Bertz CT molecular complexity index is 678. The number of alkyl halides is 2. The number of halogens is 3. The number of aliphatic imine (C=N–C) groups is 1. The summed E-state index contributed by atoms with van der Waals surface area (Å²) in [5.74, 6) is -1.25. The summed E-state index contributed by atoms with van der Waals surface area (Å²) >= 11 is 0.914. The second kappa shape index (κ2) is 4.57. The van der Waals surface area contributed by atoms with E-state index in [0.29, 0.717) is 11.3 Å². The topological polar surface area (TPSA) is 64.4 Å². The van der Waals surface area contributed by atoms with Crippen molar-refractivity contribution in [2.45, 2.75) is 37.5 Å². The molecule has 0 unspecified atom stereocenters. The first-order valence-electron chi connectivity index (χ1n) is 7.03. The average Bonchev–Trinajstić information content (AvgIpc) is 3.01. The minimum Gasteiger partial charge on any atom is -0.399 e. The Kier molecular flexibility index (Phi) is 3.22. The first-order valence-corrected chi connectivity index (χ1v) is 7.84. The van der Waals surface area contributed by atoms with Crippen LogP contribution in [0.5, 0.6) is 0 Å². The molecule has 3 nitrogen and oxygen atoms in total. The molecule has 0 bridgehead atoms. The SMILES string of the molecule is Cc1cc(N)cc([C@@]2(C)N=C(N)S[C@]3(C(F)F)[C@H]2[C@@H]3C)c1F. The summed E-state index contributed by atoms with van der Waals surface area (Å²) in [4.78, 5) is 4.36. The number of nitrogens with two attached hydrogens (primary N) is 2. The molecule has 1 aromatic rings. The summed E-state index contributed by atoms with van der Waals surface area (Å²) in [5.41, 5.74) is 11.5. The van der Waals surface area contributed by atoms with Gasteiger partial charge in [0.25, 0.3) is 6.43 Å². The van der Waals surface area contributed by atoms with Gasteiger partial charge < -0.3 is 11.5 Å². The highest BCUT2D eigenvalue weighted by molar-refractivity contribution is 8.15. The van der Waals surface area contributed by atoms with E-state index in [1.807, 2.05) is 0 Å². The van der Waals surface area contributed by atoms with Gasteiger partial charge in [-0.15, -0.1) is 0 Å². The van der Waals surface area contributed by atoms with E-state index in [1.165, 1.54) is 12.1 Å². The van der Waals surface area contributed by atoms with E-state index in [2.05, 4.69) is 4.99 Å². The van der Waals surface area contributed by atoms with Gasteiger partial charge in [-0.05, 0) is 37.5 Å².